The van der Waals surface area contributed by atoms with Gasteiger partial charge in [0, 0.05) is 25.6 Å². The molecule has 0 aliphatic heterocycles. The summed E-state index contributed by atoms with van der Waals surface area (Å²) in [6.45, 7) is 5.52. The lowest BCUT2D eigenvalue weighted by Gasteiger charge is -2.33. The van der Waals surface area contributed by atoms with Gasteiger partial charge in [0.2, 0.25) is 21.8 Å². The lowest BCUT2D eigenvalue weighted by atomic mass is 10.0. The first-order valence-corrected chi connectivity index (χ1v) is 14.8. The van der Waals surface area contributed by atoms with Gasteiger partial charge in [-0.2, -0.15) is 0 Å². The molecule has 7 nitrogen and oxygen atoms in total. The Kier molecular flexibility index (Phi) is 10.4. The molecule has 1 atom stereocenters. The number of anilines is 1. The minimum atomic E-state index is -4.09. The van der Waals surface area contributed by atoms with Gasteiger partial charge in [-0.25, -0.2) is 17.2 Å². The van der Waals surface area contributed by atoms with Crippen molar-refractivity contribution in [2.24, 2.45) is 5.92 Å². The number of benzene rings is 3. The van der Waals surface area contributed by atoms with E-state index >= 15 is 0 Å². The van der Waals surface area contributed by atoms with Crippen LogP contribution in [-0.4, -0.2) is 50.5 Å². The summed E-state index contributed by atoms with van der Waals surface area (Å²) in [5.74, 6) is -3.27. The molecular weight excluding hydrogens is 536 g/mol. The van der Waals surface area contributed by atoms with E-state index in [1.54, 1.807) is 0 Å². The van der Waals surface area contributed by atoms with E-state index in [0.29, 0.717) is 10.8 Å². The number of sulfonamides is 1. The van der Waals surface area contributed by atoms with Crippen molar-refractivity contribution in [3.05, 3.63) is 101 Å². The number of halogens is 2. The van der Waals surface area contributed by atoms with Crippen LogP contribution in [0, 0.1) is 24.5 Å². The van der Waals surface area contributed by atoms with Crippen molar-refractivity contribution in [2.45, 2.75) is 39.8 Å². The third-order valence-electron chi connectivity index (χ3n) is 6.26. The minimum absolute atomic E-state index is 0.0303. The smallest absolute Gasteiger partial charge is 0.244 e. The molecule has 214 valence electrons. The Morgan fingerprint density at radius 1 is 0.900 bits per heavy atom. The van der Waals surface area contributed by atoms with E-state index < -0.39 is 40.2 Å². The summed E-state index contributed by atoms with van der Waals surface area (Å²) >= 11 is 0. The highest BCUT2D eigenvalue weighted by molar-refractivity contribution is 7.92. The van der Waals surface area contributed by atoms with Crippen LogP contribution in [0.2, 0.25) is 0 Å². The van der Waals surface area contributed by atoms with Gasteiger partial charge in [-0.1, -0.05) is 74.0 Å². The van der Waals surface area contributed by atoms with Crippen molar-refractivity contribution in [3.63, 3.8) is 0 Å². The number of carbonyl (C=O) groups is 2. The van der Waals surface area contributed by atoms with Gasteiger partial charge in [0.1, 0.15) is 12.6 Å². The molecule has 1 N–H and O–H groups in total. The van der Waals surface area contributed by atoms with Gasteiger partial charge in [0.15, 0.2) is 11.6 Å². The van der Waals surface area contributed by atoms with Gasteiger partial charge < -0.3 is 10.2 Å². The van der Waals surface area contributed by atoms with Crippen LogP contribution in [0.3, 0.4) is 0 Å². The average molecular weight is 572 g/mol. The molecule has 2 amide bonds. The molecule has 0 saturated heterocycles. The topological polar surface area (TPSA) is 86.8 Å². The lowest BCUT2D eigenvalue weighted by molar-refractivity contribution is -0.140. The van der Waals surface area contributed by atoms with E-state index in [-0.39, 0.29) is 30.5 Å². The zero-order valence-corrected chi connectivity index (χ0v) is 23.9. The minimum Gasteiger partial charge on any atom is -0.354 e. The van der Waals surface area contributed by atoms with Crippen LogP contribution in [0.15, 0.2) is 72.8 Å². The van der Waals surface area contributed by atoms with Crippen molar-refractivity contribution >= 4 is 27.5 Å². The third-order valence-corrected chi connectivity index (χ3v) is 7.40. The SMILES string of the molecule is Cc1cccc(CN(C(=O)CN(c2ccc(F)c(F)c2)S(C)(=O)=O)C(Cc2ccccc2)C(=O)NCC(C)C)c1. The first-order valence-electron chi connectivity index (χ1n) is 12.9. The van der Waals surface area contributed by atoms with Crippen molar-refractivity contribution in [1.82, 2.24) is 10.2 Å². The second-order valence-electron chi connectivity index (χ2n) is 10.2. The van der Waals surface area contributed by atoms with Gasteiger partial charge >= 0.3 is 0 Å². The maximum absolute atomic E-state index is 14.0. The average Bonchev–Trinajstić information content (AvgIpc) is 2.89. The van der Waals surface area contributed by atoms with Crippen LogP contribution in [0.4, 0.5) is 14.5 Å². The number of hydrogen-bond donors (Lipinski definition) is 1. The fourth-order valence-electron chi connectivity index (χ4n) is 4.24. The summed E-state index contributed by atoms with van der Waals surface area (Å²) in [5, 5.41) is 2.91. The fraction of sp³-hybridized carbons (Fsp3) is 0.333. The fourth-order valence-corrected chi connectivity index (χ4v) is 5.08. The van der Waals surface area contributed by atoms with Crippen LogP contribution in [0.5, 0.6) is 0 Å². The summed E-state index contributed by atoms with van der Waals surface area (Å²) in [5.41, 5.74) is 2.32. The standard InChI is InChI=1S/C30H35F2N3O4S/c1-21(2)18-33-30(37)28(16-23-10-6-5-7-11-23)34(19-24-12-8-9-22(3)15-24)29(36)20-35(40(4,38)39)25-13-14-26(31)27(32)17-25/h5-15,17,21,28H,16,18-20H2,1-4H3,(H,33,37). The monoisotopic (exact) mass is 571 g/mol. The van der Waals surface area contributed by atoms with Crippen LogP contribution in [0.1, 0.15) is 30.5 Å². The Bertz CT molecular complexity index is 1430. The van der Waals surface area contributed by atoms with Gasteiger partial charge in [0.05, 0.1) is 11.9 Å². The number of amides is 2. The molecule has 0 aliphatic rings. The Labute approximate surface area is 234 Å². The van der Waals surface area contributed by atoms with E-state index in [1.807, 2.05) is 75.4 Å². The molecule has 10 heteroatoms. The normalized spacial score (nSPS) is 12.2. The maximum Gasteiger partial charge on any atom is 0.244 e. The number of hydrogen-bond acceptors (Lipinski definition) is 4. The van der Waals surface area contributed by atoms with Crippen LogP contribution < -0.4 is 9.62 Å². The molecule has 3 aromatic rings. The summed E-state index contributed by atoms with van der Waals surface area (Å²) in [4.78, 5) is 28.9. The van der Waals surface area contributed by atoms with E-state index in [1.165, 1.54) is 4.90 Å². The number of nitrogens with zero attached hydrogens (tertiary/aromatic N) is 2. The molecule has 0 heterocycles. The van der Waals surface area contributed by atoms with Crippen molar-refractivity contribution in [1.29, 1.82) is 0 Å². The highest BCUT2D eigenvalue weighted by Crippen LogP contribution is 2.22. The summed E-state index contributed by atoms with van der Waals surface area (Å²) in [7, 11) is -4.09. The van der Waals surface area contributed by atoms with E-state index in [2.05, 4.69) is 5.32 Å². The highest BCUT2D eigenvalue weighted by Gasteiger charge is 2.33. The first-order chi connectivity index (χ1) is 18.8. The number of aryl methyl sites for hydroxylation is 1. The molecule has 3 rings (SSSR count). The molecule has 40 heavy (non-hydrogen) atoms. The molecule has 0 bridgehead atoms. The Morgan fingerprint density at radius 2 is 1.57 bits per heavy atom. The Balaban J connectivity index is 2.06. The Morgan fingerprint density at radius 3 is 2.17 bits per heavy atom. The van der Waals surface area contributed by atoms with Crippen LogP contribution in [-0.2, 0) is 32.6 Å². The molecule has 0 aliphatic carbocycles. The lowest BCUT2D eigenvalue weighted by Crippen LogP contribution is -2.53. The molecule has 3 aromatic carbocycles. The highest BCUT2D eigenvalue weighted by atomic mass is 32.2. The van der Waals surface area contributed by atoms with E-state index in [9.17, 15) is 26.8 Å². The first kappa shape index (κ1) is 30.7. The molecule has 0 aromatic heterocycles. The largest absolute Gasteiger partial charge is 0.354 e. The molecule has 0 spiro atoms. The van der Waals surface area contributed by atoms with Gasteiger partial charge in [-0.3, -0.25) is 13.9 Å². The van der Waals surface area contributed by atoms with E-state index in [0.717, 1.165) is 41.1 Å². The van der Waals surface area contributed by atoms with Gasteiger partial charge in [-0.15, -0.1) is 0 Å². The van der Waals surface area contributed by atoms with Crippen molar-refractivity contribution in [2.75, 3.05) is 23.7 Å². The van der Waals surface area contributed by atoms with Crippen molar-refractivity contribution in [3.8, 4) is 0 Å². The maximum atomic E-state index is 14.0. The summed E-state index contributed by atoms with van der Waals surface area (Å²) in [6.07, 6.45) is 1.07. The second-order valence-corrected chi connectivity index (χ2v) is 12.1. The summed E-state index contributed by atoms with van der Waals surface area (Å²) in [6, 6.07) is 18.3. The quantitative estimate of drug-likeness (QED) is 0.348. The Hall–Kier alpha value is -3.79. The van der Waals surface area contributed by atoms with E-state index in [4.69, 9.17) is 0 Å². The zero-order valence-electron chi connectivity index (χ0n) is 23.1. The molecule has 0 saturated carbocycles. The molecule has 1 unspecified atom stereocenters. The van der Waals surface area contributed by atoms with Gasteiger partial charge in [-0.05, 0) is 36.1 Å². The predicted octanol–water partition coefficient (Wildman–Crippen LogP) is 4.45. The van der Waals surface area contributed by atoms with Gasteiger partial charge in [0.25, 0.3) is 0 Å². The second kappa shape index (κ2) is 13.5. The number of rotatable bonds is 12. The van der Waals surface area contributed by atoms with Crippen LogP contribution in [0.25, 0.3) is 0 Å². The van der Waals surface area contributed by atoms with Crippen molar-refractivity contribution < 1.29 is 26.8 Å². The molecule has 0 fully saturated rings. The predicted molar refractivity (Wildman–Crippen MR) is 152 cm³/mol. The number of nitrogens with one attached hydrogen (secondary N) is 1. The number of carbonyl (C=O) groups excluding carboxylic acids is 2. The van der Waals surface area contributed by atoms with Crippen LogP contribution >= 0.6 is 0 Å². The molecular formula is C30H35F2N3O4S. The zero-order chi connectivity index (χ0) is 29.4. The third kappa shape index (κ3) is 8.61. The molecule has 0 radical (unpaired) electrons. The summed E-state index contributed by atoms with van der Waals surface area (Å²) < 4.78 is 53.8.